The molecule has 1 aliphatic carbocycles. The summed E-state index contributed by atoms with van der Waals surface area (Å²) in [7, 11) is 1.93. The van der Waals surface area contributed by atoms with Gasteiger partial charge in [0.05, 0.1) is 24.1 Å². The molecule has 1 aliphatic rings. The van der Waals surface area contributed by atoms with E-state index in [0.717, 1.165) is 29.7 Å². The van der Waals surface area contributed by atoms with Crippen LogP contribution in [0.1, 0.15) is 25.6 Å². The van der Waals surface area contributed by atoms with Gasteiger partial charge in [0.15, 0.2) is 0 Å². The Morgan fingerprint density at radius 1 is 1.35 bits per heavy atom. The number of rotatable bonds is 7. The molecule has 3 rings (SSSR count). The van der Waals surface area contributed by atoms with E-state index in [9.17, 15) is 9.59 Å². The van der Waals surface area contributed by atoms with E-state index in [0.29, 0.717) is 13.1 Å². The molecule has 3 N–H and O–H groups in total. The van der Waals surface area contributed by atoms with E-state index < -0.39 is 5.97 Å². The van der Waals surface area contributed by atoms with Gasteiger partial charge in [-0.1, -0.05) is 19.1 Å². The molecule has 0 unspecified atom stereocenters. The van der Waals surface area contributed by atoms with Gasteiger partial charge < -0.3 is 20.3 Å². The van der Waals surface area contributed by atoms with Crippen molar-refractivity contribution in [3.8, 4) is 0 Å². The molecule has 0 radical (unpaired) electrons. The summed E-state index contributed by atoms with van der Waals surface area (Å²) in [5, 5.41) is 14.7. The van der Waals surface area contributed by atoms with Crippen molar-refractivity contribution in [2.24, 2.45) is 7.05 Å². The first-order chi connectivity index (χ1) is 12.5. The standard InChI is InChI=1S/C18H25N5O3/c1-3-23(11-17(24)25)13-8-12(9-13)20-18(26)19-10-16-21-14-6-4-5-7-15(14)22(16)2/h4-7,12-13H,3,8-11H2,1-2H3,(H,24,25)(H2,19,20,26). The van der Waals surface area contributed by atoms with Gasteiger partial charge in [-0.05, 0) is 31.5 Å². The number of carboxylic acids is 1. The Balaban J connectivity index is 1.45. The zero-order chi connectivity index (χ0) is 18.7. The van der Waals surface area contributed by atoms with Gasteiger partial charge in [-0.3, -0.25) is 9.69 Å². The van der Waals surface area contributed by atoms with Gasteiger partial charge in [-0.2, -0.15) is 0 Å². The second kappa shape index (κ2) is 7.74. The summed E-state index contributed by atoms with van der Waals surface area (Å²) in [6.07, 6.45) is 1.56. The third-order valence-electron chi connectivity index (χ3n) is 5.00. The van der Waals surface area contributed by atoms with Crippen molar-refractivity contribution in [3.05, 3.63) is 30.1 Å². The van der Waals surface area contributed by atoms with Crippen LogP contribution in [0.25, 0.3) is 11.0 Å². The van der Waals surface area contributed by atoms with Crippen LogP contribution in [0, 0.1) is 0 Å². The van der Waals surface area contributed by atoms with E-state index in [1.807, 2.05) is 47.7 Å². The quantitative estimate of drug-likeness (QED) is 0.692. The molecule has 1 aromatic carbocycles. The number of urea groups is 1. The molecule has 1 fully saturated rings. The molecule has 0 spiro atoms. The Kier molecular flexibility index (Phi) is 5.41. The normalized spacial score (nSPS) is 19.3. The molecule has 1 saturated carbocycles. The number of nitrogens with zero attached hydrogens (tertiary/aromatic N) is 3. The molecule has 140 valence electrons. The zero-order valence-corrected chi connectivity index (χ0v) is 15.1. The van der Waals surface area contributed by atoms with Gasteiger partial charge in [0.1, 0.15) is 5.82 Å². The lowest BCUT2D eigenvalue weighted by Crippen LogP contribution is -2.56. The lowest BCUT2D eigenvalue weighted by atomic mass is 9.85. The number of hydrogen-bond acceptors (Lipinski definition) is 4. The molecule has 0 bridgehead atoms. The molecule has 8 nitrogen and oxygen atoms in total. The fraction of sp³-hybridized carbons (Fsp3) is 0.500. The lowest BCUT2D eigenvalue weighted by Gasteiger charge is -2.42. The van der Waals surface area contributed by atoms with Crippen LogP contribution < -0.4 is 10.6 Å². The molecule has 8 heteroatoms. The predicted molar refractivity (Wildman–Crippen MR) is 97.8 cm³/mol. The van der Waals surface area contributed by atoms with Crippen LogP contribution in [-0.2, 0) is 18.4 Å². The second-order valence-corrected chi connectivity index (χ2v) is 6.68. The van der Waals surface area contributed by atoms with E-state index in [4.69, 9.17) is 5.11 Å². The van der Waals surface area contributed by atoms with Crippen molar-refractivity contribution in [2.45, 2.75) is 38.4 Å². The molecule has 2 amide bonds. The highest BCUT2D eigenvalue weighted by Gasteiger charge is 2.34. The Labute approximate surface area is 152 Å². The molecule has 1 heterocycles. The number of benzene rings is 1. The second-order valence-electron chi connectivity index (χ2n) is 6.68. The molecular formula is C18H25N5O3. The van der Waals surface area contributed by atoms with E-state index >= 15 is 0 Å². The fourth-order valence-electron chi connectivity index (χ4n) is 3.43. The number of amides is 2. The van der Waals surface area contributed by atoms with Gasteiger partial charge in [-0.25, -0.2) is 9.78 Å². The Morgan fingerprint density at radius 3 is 2.73 bits per heavy atom. The largest absolute Gasteiger partial charge is 0.480 e. The maximum atomic E-state index is 12.1. The van der Waals surface area contributed by atoms with Crippen LogP contribution in [0.5, 0.6) is 0 Å². The number of hydrogen-bond donors (Lipinski definition) is 3. The van der Waals surface area contributed by atoms with E-state index in [2.05, 4.69) is 15.6 Å². The highest BCUT2D eigenvalue weighted by molar-refractivity contribution is 5.76. The molecule has 26 heavy (non-hydrogen) atoms. The molecule has 2 aromatic rings. The minimum Gasteiger partial charge on any atom is -0.480 e. The van der Waals surface area contributed by atoms with Crippen molar-refractivity contribution in [1.82, 2.24) is 25.1 Å². The number of fused-ring (bicyclic) bond motifs is 1. The average Bonchev–Trinajstić information content (AvgIpc) is 2.90. The van der Waals surface area contributed by atoms with Gasteiger partial charge in [0.25, 0.3) is 0 Å². The molecule has 0 atom stereocenters. The van der Waals surface area contributed by atoms with E-state index in [1.165, 1.54) is 0 Å². The fourth-order valence-corrected chi connectivity index (χ4v) is 3.43. The number of carbonyl (C=O) groups is 2. The number of carboxylic acid groups (broad SMARTS) is 1. The van der Waals surface area contributed by atoms with Crippen molar-refractivity contribution in [3.63, 3.8) is 0 Å². The third-order valence-corrected chi connectivity index (χ3v) is 5.00. The highest BCUT2D eigenvalue weighted by Crippen LogP contribution is 2.25. The molecule has 1 aromatic heterocycles. The smallest absolute Gasteiger partial charge is 0.317 e. The maximum Gasteiger partial charge on any atom is 0.317 e. The van der Waals surface area contributed by atoms with Crippen molar-refractivity contribution >= 4 is 23.0 Å². The number of carbonyl (C=O) groups excluding carboxylic acids is 1. The number of aryl methyl sites for hydroxylation is 1. The SMILES string of the molecule is CCN(CC(=O)O)C1CC(NC(=O)NCc2nc3ccccc3n2C)C1. The summed E-state index contributed by atoms with van der Waals surface area (Å²) >= 11 is 0. The highest BCUT2D eigenvalue weighted by atomic mass is 16.4. The van der Waals surface area contributed by atoms with Crippen LogP contribution in [0.2, 0.25) is 0 Å². The van der Waals surface area contributed by atoms with Gasteiger partial charge in [0.2, 0.25) is 0 Å². The van der Waals surface area contributed by atoms with Crippen molar-refractivity contribution < 1.29 is 14.7 Å². The zero-order valence-electron chi connectivity index (χ0n) is 15.1. The summed E-state index contributed by atoms with van der Waals surface area (Å²) in [4.78, 5) is 29.4. The summed E-state index contributed by atoms with van der Waals surface area (Å²) in [6.45, 7) is 3.05. The predicted octanol–water partition coefficient (Wildman–Crippen LogP) is 1.31. The number of aromatic nitrogens is 2. The number of imidazole rings is 1. The Hall–Kier alpha value is -2.61. The lowest BCUT2D eigenvalue weighted by molar-refractivity contribution is -0.139. The first kappa shape index (κ1) is 18.2. The Morgan fingerprint density at radius 2 is 2.08 bits per heavy atom. The van der Waals surface area contributed by atoms with E-state index in [-0.39, 0.29) is 24.7 Å². The first-order valence-corrected chi connectivity index (χ1v) is 8.88. The monoisotopic (exact) mass is 359 g/mol. The van der Waals surface area contributed by atoms with Crippen LogP contribution in [0.4, 0.5) is 4.79 Å². The summed E-state index contributed by atoms with van der Waals surface area (Å²) in [5.74, 6) is -0.0186. The van der Waals surface area contributed by atoms with Gasteiger partial charge >= 0.3 is 12.0 Å². The van der Waals surface area contributed by atoms with Crippen molar-refractivity contribution in [2.75, 3.05) is 13.1 Å². The minimum atomic E-state index is -0.816. The number of nitrogens with one attached hydrogen (secondary N) is 2. The van der Waals surface area contributed by atoms with Gasteiger partial charge in [0, 0.05) is 19.1 Å². The number of aliphatic carboxylic acids is 1. The van der Waals surface area contributed by atoms with Crippen molar-refractivity contribution in [1.29, 1.82) is 0 Å². The summed E-state index contributed by atoms with van der Waals surface area (Å²) < 4.78 is 1.97. The third kappa shape index (κ3) is 3.96. The molecule has 0 saturated heterocycles. The van der Waals surface area contributed by atoms with Crippen LogP contribution >= 0.6 is 0 Å². The topological polar surface area (TPSA) is 99.5 Å². The summed E-state index contributed by atoms with van der Waals surface area (Å²) in [5.41, 5.74) is 1.94. The molecular weight excluding hydrogens is 334 g/mol. The number of para-hydroxylation sites is 2. The van der Waals surface area contributed by atoms with Crippen LogP contribution in [0.3, 0.4) is 0 Å². The first-order valence-electron chi connectivity index (χ1n) is 8.88. The Bertz CT molecular complexity index is 797. The average molecular weight is 359 g/mol. The number of likely N-dealkylation sites (N-methyl/N-ethyl adjacent to an activating group) is 1. The van der Waals surface area contributed by atoms with Crippen LogP contribution in [0.15, 0.2) is 24.3 Å². The minimum absolute atomic E-state index is 0.0484. The summed E-state index contributed by atoms with van der Waals surface area (Å²) in [6, 6.07) is 7.94. The van der Waals surface area contributed by atoms with Gasteiger partial charge in [-0.15, -0.1) is 0 Å². The maximum absolute atomic E-state index is 12.1. The van der Waals surface area contributed by atoms with Crippen LogP contribution in [-0.4, -0.2) is 56.7 Å². The molecule has 0 aliphatic heterocycles. The van der Waals surface area contributed by atoms with E-state index in [1.54, 1.807) is 0 Å².